The lowest BCUT2D eigenvalue weighted by Gasteiger charge is -2.06. The number of halogens is 1. The molecule has 2 N–H and O–H groups in total. The molecule has 0 aliphatic heterocycles. The Morgan fingerprint density at radius 3 is 2.89 bits per heavy atom. The highest BCUT2D eigenvalue weighted by atomic mass is 35.5. The molecule has 1 aliphatic carbocycles. The van der Waals surface area contributed by atoms with Crippen molar-refractivity contribution in [3.05, 3.63) is 52.2 Å². The Morgan fingerprint density at radius 1 is 1.16 bits per heavy atom. The highest BCUT2D eigenvalue weighted by Gasteiger charge is 2.11. The zero-order chi connectivity index (χ0) is 13.2. The Hall–Kier alpha value is -1.19. The molecule has 19 heavy (non-hydrogen) atoms. The highest BCUT2D eigenvalue weighted by molar-refractivity contribution is 7.98. The topological polar surface area (TPSA) is 38.9 Å². The van der Waals surface area contributed by atoms with Crippen molar-refractivity contribution in [1.82, 2.24) is 4.98 Å². The van der Waals surface area contributed by atoms with Gasteiger partial charge in [-0.15, -0.1) is 11.8 Å². The van der Waals surface area contributed by atoms with Crippen molar-refractivity contribution in [2.45, 2.75) is 29.9 Å². The van der Waals surface area contributed by atoms with Gasteiger partial charge in [0.1, 0.15) is 5.82 Å². The molecule has 0 saturated carbocycles. The number of hydrogen-bond donors (Lipinski definition) is 1. The second kappa shape index (κ2) is 5.43. The van der Waals surface area contributed by atoms with Crippen molar-refractivity contribution in [3.63, 3.8) is 0 Å². The standard InChI is InChI=1S/C15H15ClN2S/c16-13-6-7-15(17)18-14(13)9-19-12-5-4-10-2-1-3-11(10)8-12/h4-8H,1-3,9H2,(H2,17,18). The van der Waals surface area contributed by atoms with E-state index in [0.717, 1.165) is 11.4 Å². The van der Waals surface area contributed by atoms with Crippen molar-refractivity contribution in [2.75, 3.05) is 5.73 Å². The third kappa shape index (κ3) is 2.88. The summed E-state index contributed by atoms with van der Waals surface area (Å²) >= 11 is 7.88. The van der Waals surface area contributed by atoms with Crippen LogP contribution in [0.3, 0.4) is 0 Å². The molecule has 0 saturated heterocycles. The van der Waals surface area contributed by atoms with Gasteiger partial charge in [0.2, 0.25) is 0 Å². The second-order valence-electron chi connectivity index (χ2n) is 4.74. The van der Waals surface area contributed by atoms with Crippen LogP contribution in [-0.4, -0.2) is 4.98 Å². The lowest BCUT2D eigenvalue weighted by Crippen LogP contribution is -1.95. The van der Waals surface area contributed by atoms with E-state index in [1.807, 2.05) is 6.07 Å². The lowest BCUT2D eigenvalue weighted by molar-refractivity contribution is 0.911. The lowest BCUT2D eigenvalue weighted by atomic mass is 10.1. The van der Waals surface area contributed by atoms with E-state index in [0.29, 0.717) is 10.8 Å². The van der Waals surface area contributed by atoms with Gasteiger partial charge in [0.15, 0.2) is 0 Å². The molecule has 0 fully saturated rings. The van der Waals surface area contributed by atoms with Gasteiger partial charge in [-0.25, -0.2) is 4.98 Å². The third-order valence-corrected chi connectivity index (χ3v) is 4.73. The van der Waals surface area contributed by atoms with Crippen LogP contribution in [0.5, 0.6) is 0 Å². The Bertz CT molecular complexity index is 613. The average Bonchev–Trinajstić information content (AvgIpc) is 2.87. The number of fused-ring (bicyclic) bond motifs is 1. The predicted octanol–water partition coefficient (Wildman–Crippen LogP) is 4.10. The summed E-state index contributed by atoms with van der Waals surface area (Å²) in [4.78, 5) is 5.56. The number of benzene rings is 1. The maximum absolute atomic E-state index is 6.12. The number of hydrogen-bond acceptors (Lipinski definition) is 3. The van der Waals surface area contributed by atoms with E-state index in [4.69, 9.17) is 17.3 Å². The third-order valence-electron chi connectivity index (χ3n) is 3.39. The molecule has 1 aromatic heterocycles. The first-order chi connectivity index (χ1) is 9.22. The molecule has 2 aromatic rings. The Labute approximate surface area is 122 Å². The predicted molar refractivity (Wildman–Crippen MR) is 81.7 cm³/mol. The van der Waals surface area contributed by atoms with Crippen LogP contribution in [0.1, 0.15) is 23.2 Å². The Balaban J connectivity index is 1.74. The molecule has 0 amide bonds. The molecule has 0 radical (unpaired) electrons. The minimum atomic E-state index is 0.522. The first kappa shape index (κ1) is 12.8. The van der Waals surface area contributed by atoms with Crippen LogP contribution in [0.2, 0.25) is 5.02 Å². The number of rotatable bonds is 3. The van der Waals surface area contributed by atoms with Crippen LogP contribution in [0, 0.1) is 0 Å². The van der Waals surface area contributed by atoms with Gasteiger partial charge in [-0.2, -0.15) is 0 Å². The zero-order valence-corrected chi connectivity index (χ0v) is 12.1. The van der Waals surface area contributed by atoms with Crippen molar-refractivity contribution in [2.24, 2.45) is 0 Å². The number of aromatic nitrogens is 1. The maximum Gasteiger partial charge on any atom is 0.123 e. The summed E-state index contributed by atoms with van der Waals surface area (Å²) in [6, 6.07) is 10.3. The van der Waals surface area contributed by atoms with Crippen molar-refractivity contribution in [3.8, 4) is 0 Å². The van der Waals surface area contributed by atoms with Crippen molar-refractivity contribution < 1.29 is 0 Å². The fourth-order valence-corrected chi connectivity index (χ4v) is 3.56. The molecule has 0 spiro atoms. The zero-order valence-electron chi connectivity index (χ0n) is 10.5. The molecular weight excluding hydrogens is 276 g/mol. The normalized spacial score (nSPS) is 13.5. The number of nitrogens with two attached hydrogens (primary N) is 1. The first-order valence-corrected chi connectivity index (χ1v) is 7.74. The van der Waals surface area contributed by atoms with Gasteiger partial charge in [-0.3, -0.25) is 0 Å². The van der Waals surface area contributed by atoms with Crippen LogP contribution < -0.4 is 5.73 Å². The van der Waals surface area contributed by atoms with Gasteiger partial charge in [-0.05, 0) is 54.7 Å². The summed E-state index contributed by atoms with van der Waals surface area (Å²) in [5.74, 6) is 1.27. The van der Waals surface area contributed by atoms with E-state index in [2.05, 4.69) is 23.2 Å². The van der Waals surface area contributed by atoms with E-state index < -0.39 is 0 Å². The quantitative estimate of drug-likeness (QED) is 0.865. The minimum absolute atomic E-state index is 0.522. The smallest absolute Gasteiger partial charge is 0.123 e. The summed E-state index contributed by atoms with van der Waals surface area (Å²) < 4.78 is 0. The second-order valence-corrected chi connectivity index (χ2v) is 6.19. The van der Waals surface area contributed by atoms with Crippen LogP contribution in [0.25, 0.3) is 0 Å². The molecule has 1 heterocycles. The number of aryl methyl sites for hydroxylation is 2. The molecule has 2 nitrogen and oxygen atoms in total. The Morgan fingerprint density at radius 2 is 2.00 bits per heavy atom. The van der Waals surface area contributed by atoms with Gasteiger partial charge >= 0.3 is 0 Å². The average molecular weight is 291 g/mol. The van der Waals surface area contributed by atoms with Gasteiger partial charge in [0.05, 0.1) is 10.7 Å². The summed E-state index contributed by atoms with van der Waals surface area (Å²) in [7, 11) is 0. The van der Waals surface area contributed by atoms with E-state index >= 15 is 0 Å². The number of nitrogen functional groups attached to an aromatic ring is 1. The number of nitrogens with zero attached hydrogens (tertiary/aromatic N) is 1. The SMILES string of the molecule is Nc1ccc(Cl)c(CSc2ccc3c(c2)CCC3)n1. The summed E-state index contributed by atoms with van der Waals surface area (Å²) in [5.41, 5.74) is 9.55. The molecule has 0 unspecified atom stereocenters. The Kier molecular flexibility index (Phi) is 3.67. The molecular formula is C15H15ClN2S. The largest absolute Gasteiger partial charge is 0.384 e. The molecule has 1 aliphatic rings. The highest BCUT2D eigenvalue weighted by Crippen LogP contribution is 2.30. The minimum Gasteiger partial charge on any atom is -0.384 e. The van der Waals surface area contributed by atoms with Gasteiger partial charge in [0.25, 0.3) is 0 Å². The van der Waals surface area contributed by atoms with E-state index in [9.17, 15) is 0 Å². The molecule has 0 bridgehead atoms. The van der Waals surface area contributed by atoms with E-state index in [-0.39, 0.29) is 0 Å². The number of anilines is 1. The first-order valence-electron chi connectivity index (χ1n) is 6.38. The van der Waals surface area contributed by atoms with Crippen molar-refractivity contribution in [1.29, 1.82) is 0 Å². The molecule has 1 aromatic carbocycles. The van der Waals surface area contributed by atoms with E-state index in [1.165, 1.54) is 35.3 Å². The molecule has 4 heteroatoms. The summed E-state index contributed by atoms with van der Waals surface area (Å²) in [6.45, 7) is 0. The van der Waals surface area contributed by atoms with Gasteiger partial charge < -0.3 is 5.73 Å². The molecule has 3 rings (SSSR count). The van der Waals surface area contributed by atoms with Crippen LogP contribution in [0.15, 0.2) is 35.2 Å². The van der Waals surface area contributed by atoms with Crippen LogP contribution >= 0.6 is 23.4 Å². The fraction of sp³-hybridized carbons (Fsp3) is 0.267. The van der Waals surface area contributed by atoms with E-state index in [1.54, 1.807) is 17.8 Å². The van der Waals surface area contributed by atoms with Crippen LogP contribution in [-0.2, 0) is 18.6 Å². The van der Waals surface area contributed by atoms with Crippen LogP contribution in [0.4, 0.5) is 5.82 Å². The molecule has 0 atom stereocenters. The summed E-state index contributed by atoms with van der Waals surface area (Å²) in [5, 5.41) is 0.683. The van der Waals surface area contributed by atoms with Crippen molar-refractivity contribution >= 4 is 29.2 Å². The monoisotopic (exact) mass is 290 g/mol. The fourth-order valence-electron chi connectivity index (χ4n) is 2.39. The number of pyridine rings is 1. The van der Waals surface area contributed by atoms with Gasteiger partial charge in [-0.1, -0.05) is 17.7 Å². The maximum atomic E-state index is 6.12. The molecule has 98 valence electrons. The van der Waals surface area contributed by atoms with Gasteiger partial charge in [0, 0.05) is 10.6 Å². The number of thioether (sulfide) groups is 1. The summed E-state index contributed by atoms with van der Waals surface area (Å²) in [6.07, 6.45) is 3.72.